The Bertz CT molecular complexity index is 633. The first kappa shape index (κ1) is 13.8. The van der Waals surface area contributed by atoms with Gasteiger partial charge in [-0.3, -0.25) is 0 Å². The van der Waals surface area contributed by atoms with Gasteiger partial charge in [-0.25, -0.2) is 0 Å². The van der Waals surface area contributed by atoms with E-state index in [0.29, 0.717) is 23.6 Å². The van der Waals surface area contributed by atoms with Gasteiger partial charge in [0.25, 0.3) is 0 Å². The predicted octanol–water partition coefficient (Wildman–Crippen LogP) is 3.19. The van der Waals surface area contributed by atoms with Crippen LogP contribution in [-0.2, 0) is 6.54 Å². The summed E-state index contributed by atoms with van der Waals surface area (Å²) in [6.45, 7) is 0.644. The van der Waals surface area contributed by atoms with E-state index in [1.54, 1.807) is 20.3 Å². The summed E-state index contributed by atoms with van der Waals surface area (Å²) in [5.74, 6) is 1.38. The number of nitrogens with one attached hydrogen (secondary N) is 1. The van der Waals surface area contributed by atoms with Gasteiger partial charge in [-0.05, 0) is 29.8 Å². The summed E-state index contributed by atoms with van der Waals surface area (Å²) in [4.78, 5) is 0. The molecule has 4 nitrogen and oxygen atoms in total. The number of benzene rings is 2. The molecule has 2 aromatic carbocycles. The molecule has 0 saturated heterocycles. The number of methoxy groups -OCH3 is 2. The molecule has 0 heterocycles. The van der Waals surface area contributed by atoms with E-state index in [4.69, 9.17) is 14.7 Å². The maximum absolute atomic E-state index is 8.87. The summed E-state index contributed by atoms with van der Waals surface area (Å²) in [6.07, 6.45) is 0. The fourth-order valence-corrected chi connectivity index (χ4v) is 1.90. The maximum Gasteiger partial charge on any atom is 0.162 e. The van der Waals surface area contributed by atoms with Crippen LogP contribution in [0.15, 0.2) is 42.5 Å². The van der Waals surface area contributed by atoms with E-state index in [-0.39, 0.29) is 0 Å². The summed E-state index contributed by atoms with van der Waals surface area (Å²) in [5.41, 5.74) is 2.65. The molecule has 0 aliphatic heterocycles. The molecule has 1 N–H and O–H groups in total. The van der Waals surface area contributed by atoms with Crippen molar-refractivity contribution in [3.05, 3.63) is 53.6 Å². The standard InChI is InChI=1S/C16H16N2O2/c1-19-15-7-6-14(9-16(15)20-2)18-11-13-5-3-4-12(8-13)10-17/h3-9,18H,11H2,1-2H3. The van der Waals surface area contributed by atoms with Crippen molar-refractivity contribution in [2.24, 2.45) is 0 Å². The van der Waals surface area contributed by atoms with Gasteiger partial charge in [-0.2, -0.15) is 5.26 Å². The van der Waals surface area contributed by atoms with Crippen LogP contribution in [0.5, 0.6) is 11.5 Å². The zero-order valence-corrected chi connectivity index (χ0v) is 11.5. The molecule has 102 valence electrons. The highest BCUT2D eigenvalue weighted by molar-refractivity contribution is 5.55. The third-order valence-corrected chi connectivity index (χ3v) is 2.94. The number of rotatable bonds is 5. The van der Waals surface area contributed by atoms with Crippen LogP contribution in [-0.4, -0.2) is 14.2 Å². The third-order valence-electron chi connectivity index (χ3n) is 2.94. The molecule has 2 rings (SSSR count). The molecule has 0 aliphatic rings. The van der Waals surface area contributed by atoms with Gasteiger partial charge >= 0.3 is 0 Å². The Kier molecular flexibility index (Phi) is 4.46. The van der Waals surface area contributed by atoms with Crippen LogP contribution in [0, 0.1) is 11.3 Å². The van der Waals surface area contributed by atoms with Gasteiger partial charge in [0.1, 0.15) is 0 Å². The lowest BCUT2D eigenvalue weighted by Crippen LogP contribution is -2.00. The van der Waals surface area contributed by atoms with Crippen molar-refractivity contribution in [3.8, 4) is 17.6 Å². The van der Waals surface area contributed by atoms with Crippen molar-refractivity contribution in [3.63, 3.8) is 0 Å². The largest absolute Gasteiger partial charge is 0.493 e. The molecule has 4 heteroatoms. The predicted molar refractivity (Wildman–Crippen MR) is 78.0 cm³/mol. The van der Waals surface area contributed by atoms with Crippen LogP contribution in [0.1, 0.15) is 11.1 Å². The molecule has 0 spiro atoms. The van der Waals surface area contributed by atoms with Gasteiger partial charge in [0.15, 0.2) is 11.5 Å². The van der Waals surface area contributed by atoms with Crippen LogP contribution in [0.25, 0.3) is 0 Å². The van der Waals surface area contributed by atoms with Gasteiger partial charge in [-0.15, -0.1) is 0 Å². The van der Waals surface area contributed by atoms with E-state index in [1.807, 2.05) is 36.4 Å². The molecule has 0 fully saturated rings. The highest BCUT2D eigenvalue weighted by atomic mass is 16.5. The zero-order chi connectivity index (χ0) is 14.4. The Labute approximate surface area is 118 Å². The first-order valence-corrected chi connectivity index (χ1v) is 6.21. The van der Waals surface area contributed by atoms with E-state index in [1.165, 1.54) is 0 Å². The fourth-order valence-electron chi connectivity index (χ4n) is 1.90. The molecule has 0 radical (unpaired) electrons. The van der Waals surface area contributed by atoms with Crippen molar-refractivity contribution in [2.45, 2.75) is 6.54 Å². The third kappa shape index (κ3) is 3.21. The SMILES string of the molecule is COc1ccc(NCc2cccc(C#N)c2)cc1OC. The summed E-state index contributed by atoms with van der Waals surface area (Å²) in [5, 5.41) is 12.2. The van der Waals surface area contributed by atoms with Crippen molar-refractivity contribution < 1.29 is 9.47 Å². The lowest BCUT2D eigenvalue weighted by Gasteiger charge is -2.11. The van der Waals surface area contributed by atoms with Crippen molar-refractivity contribution in [1.82, 2.24) is 0 Å². The second-order valence-corrected chi connectivity index (χ2v) is 4.24. The summed E-state index contributed by atoms with van der Waals surface area (Å²) < 4.78 is 10.5. The Morgan fingerprint density at radius 3 is 2.55 bits per heavy atom. The molecule has 0 unspecified atom stereocenters. The van der Waals surface area contributed by atoms with Crippen LogP contribution < -0.4 is 14.8 Å². The maximum atomic E-state index is 8.87. The van der Waals surface area contributed by atoms with E-state index < -0.39 is 0 Å². The minimum Gasteiger partial charge on any atom is -0.493 e. The van der Waals surface area contributed by atoms with Crippen LogP contribution in [0.2, 0.25) is 0 Å². The van der Waals surface area contributed by atoms with Gasteiger partial charge in [0.05, 0.1) is 25.9 Å². The second kappa shape index (κ2) is 6.48. The molecule has 20 heavy (non-hydrogen) atoms. The lowest BCUT2D eigenvalue weighted by atomic mass is 10.1. The zero-order valence-electron chi connectivity index (χ0n) is 11.5. The molecule has 0 atom stereocenters. The average Bonchev–Trinajstić information content (AvgIpc) is 2.52. The quantitative estimate of drug-likeness (QED) is 0.904. The van der Waals surface area contributed by atoms with E-state index in [9.17, 15) is 0 Å². The second-order valence-electron chi connectivity index (χ2n) is 4.24. The molecule has 0 aliphatic carbocycles. The summed E-state index contributed by atoms with van der Waals surface area (Å²) >= 11 is 0. The number of nitrogens with zero attached hydrogens (tertiary/aromatic N) is 1. The molecular weight excluding hydrogens is 252 g/mol. The van der Waals surface area contributed by atoms with E-state index >= 15 is 0 Å². The highest BCUT2D eigenvalue weighted by Crippen LogP contribution is 2.29. The smallest absolute Gasteiger partial charge is 0.162 e. The lowest BCUT2D eigenvalue weighted by molar-refractivity contribution is 0.355. The van der Waals surface area contributed by atoms with Crippen molar-refractivity contribution >= 4 is 5.69 Å². The van der Waals surface area contributed by atoms with Gasteiger partial charge in [0.2, 0.25) is 0 Å². The first-order chi connectivity index (χ1) is 9.76. The Morgan fingerprint density at radius 2 is 1.85 bits per heavy atom. The Balaban J connectivity index is 2.09. The van der Waals surface area contributed by atoms with Crippen molar-refractivity contribution in [1.29, 1.82) is 5.26 Å². The minimum absolute atomic E-state index is 0.644. The van der Waals surface area contributed by atoms with Gasteiger partial charge in [0, 0.05) is 18.3 Å². The molecule has 0 amide bonds. The topological polar surface area (TPSA) is 54.3 Å². The highest BCUT2D eigenvalue weighted by Gasteiger charge is 2.04. The number of hydrogen-bond donors (Lipinski definition) is 1. The van der Waals surface area contributed by atoms with Crippen molar-refractivity contribution in [2.75, 3.05) is 19.5 Å². The number of hydrogen-bond acceptors (Lipinski definition) is 4. The molecule has 0 aromatic heterocycles. The van der Waals surface area contributed by atoms with Gasteiger partial charge in [-0.1, -0.05) is 12.1 Å². The molecule has 0 bridgehead atoms. The molecule has 0 saturated carbocycles. The van der Waals surface area contributed by atoms with Crippen LogP contribution in [0.3, 0.4) is 0 Å². The first-order valence-electron chi connectivity index (χ1n) is 6.21. The minimum atomic E-state index is 0.644. The average molecular weight is 268 g/mol. The van der Waals surface area contributed by atoms with E-state index in [2.05, 4.69) is 11.4 Å². The van der Waals surface area contributed by atoms with E-state index in [0.717, 1.165) is 11.3 Å². The Morgan fingerprint density at radius 1 is 1.05 bits per heavy atom. The number of anilines is 1. The van der Waals surface area contributed by atoms with Crippen LogP contribution >= 0.6 is 0 Å². The number of ether oxygens (including phenoxy) is 2. The number of nitriles is 1. The monoisotopic (exact) mass is 268 g/mol. The van der Waals surface area contributed by atoms with Crippen LogP contribution in [0.4, 0.5) is 5.69 Å². The summed E-state index contributed by atoms with van der Waals surface area (Å²) in [7, 11) is 3.22. The molecular formula is C16H16N2O2. The summed E-state index contributed by atoms with van der Waals surface area (Å²) in [6, 6.07) is 15.3. The Hall–Kier alpha value is -2.67. The van der Waals surface area contributed by atoms with Gasteiger partial charge < -0.3 is 14.8 Å². The normalized spacial score (nSPS) is 9.65. The fraction of sp³-hybridized carbons (Fsp3) is 0.188. The molecule has 2 aromatic rings.